The van der Waals surface area contributed by atoms with Gasteiger partial charge < -0.3 is 24.0 Å². The van der Waals surface area contributed by atoms with Gasteiger partial charge in [0, 0.05) is 51.0 Å². The van der Waals surface area contributed by atoms with Crippen LogP contribution < -0.4 is 5.56 Å². The summed E-state index contributed by atoms with van der Waals surface area (Å²) in [5, 5.41) is 0. The molecule has 2 saturated heterocycles. The van der Waals surface area contributed by atoms with E-state index in [1.807, 2.05) is 98.0 Å². The van der Waals surface area contributed by atoms with E-state index in [0.29, 0.717) is 44.9 Å². The molecule has 0 radical (unpaired) electrons. The second-order valence-corrected chi connectivity index (χ2v) is 15.1. The van der Waals surface area contributed by atoms with Crippen LogP contribution >= 0.6 is 0 Å². The highest BCUT2D eigenvalue weighted by Crippen LogP contribution is 2.49. The number of rotatable bonds is 6. The Morgan fingerprint density at radius 1 is 0.917 bits per heavy atom. The van der Waals surface area contributed by atoms with E-state index < -0.39 is 5.60 Å². The van der Waals surface area contributed by atoms with Crippen molar-refractivity contribution in [3.05, 3.63) is 94.9 Å². The molecular weight excluding hydrogens is 600 g/mol. The van der Waals surface area contributed by atoms with Crippen molar-refractivity contribution in [2.75, 3.05) is 26.2 Å². The van der Waals surface area contributed by atoms with Crippen molar-refractivity contribution in [2.45, 2.75) is 96.9 Å². The molecule has 8 heteroatoms. The number of likely N-dealkylation sites (tertiary alicyclic amines) is 2. The van der Waals surface area contributed by atoms with Crippen LogP contribution in [0.15, 0.2) is 83.8 Å². The first-order valence-corrected chi connectivity index (χ1v) is 17.9. The van der Waals surface area contributed by atoms with Gasteiger partial charge in [-0.05, 0) is 93.9 Å². The van der Waals surface area contributed by atoms with E-state index in [9.17, 15) is 14.4 Å². The molecule has 256 valence electrons. The molecule has 1 aliphatic carbocycles. The molecule has 1 aromatic heterocycles. The first-order chi connectivity index (χ1) is 23.1. The molecule has 2 aliphatic heterocycles. The lowest BCUT2D eigenvalue weighted by Crippen LogP contribution is -2.57. The molecule has 48 heavy (non-hydrogen) atoms. The van der Waals surface area contributed by atoms with Gasteiger partial charge >= 0.3 is 12.1 Å². The number of carbonyl (C=O) groups excluding carboxylic acids is 2. The van der Waals surface area contributed by atoms with E-state index in [4.69, 9.17) is 4.74 Å². The van der Waals surface area contributed by atoms with Crippen molar-refractivity contribution < 1.29 is 14.3 Å². The third kappa shape index (κ3) is 7.32. The largest absolute Gasteiger partial charge is 0.444 e. The number of piperidine rings is 2. The van der Waals surface area contributed by atoms with Gasteiger partial charge in [-0.3, -0.25) is 4.79 Å². The summed E-state index contributed by atoms with van der Waals surface area (Å²) in [6.07, 6.45) is 8.43. The van der Waals surface area contributed by atoms with Gasteiger partial charge in [-0.2, -0.15) is 0 Å². The van der Waals surface area contributed by atoms with Crippen molar-refractivity contribution >= 4 is 12.1 Å². The minimum absolute atomic E-state index is 0.0156. The monoisotopic (exact) mass is 652 g/mol. The number of hydrogen-bond donors (Lipinski definition) is 0. The summed E-state index contributed by atoms with van der Waals surface area (Å²) in [5.74, 6) is 0.340. The lowest BCUT2D eigenvalue weighted by Gasteiger charge is -2.50. The van der Waals surface area contributed by atoms with Gasteiger partial charge in [-0.1, -0.05) is 73.5 Å². The lowest BCUT2D eigenvalue weighted by molar-refractivity contribution is -0.000785. The van der Waals surface area contributed by atoms with Crippen LogP contribution in [0.2, 0.25) is 0 Å². The smallest absolute Gasteiger partial charge is 0.410 e. The molecule has 8 nitrogen and oxygen atoms in total. The molecule has 3 atom stereocenters. The highest BCUT2D eigenvalue weighted by molar-refractivity contribution is 5.76. The number of aromatic nitrogens is 1. The SMILES string of the molecule is CCN(C(=O)OC(C)(C)C)[C@@H]1CCN(C(=O)N2CC[C@@H](Cn3ccc(-c4ccccc4)cc3=O)C3(CCCC3)C2)[C@H](c2ccccc2)C1. The fraction of sp³-hybridized carbons (Fsp3) is 0.525. The normalized spacial score (nSPS) is 22.5. The second-order valence-electron chi connectivity index (χ2n) is 15.1. The van der Waals surface area contributed by atoms with E-state index in [1.54, 1.807) is 6.07 Å². The Morgan fingerprint density at radius 3 is 2.25 bits per heavy atom. The minimum atomic E-state index is -0.568. The number of nitrogens with zero attached hydrogens (tertiary/aromatic N) is 4. The minimum Gasteiger partial charge on any atom is -0.444 e. The lowest BCUT2D eigenvalue weighted by atomic mass is 9.69. The number of amides is 3. The standard InChI is InChI=1S/C40H52N4O4/c1-5-43(38(47)48-39(2,3)4)34-20-25-44(35(27-34)31-16-10-7-11-17-31)37(46)42-24-19-33(40(29-42)21-12-13-22-40)28-41-23-18-32(26-36(41)45)30-14-8-6-9-15-30/h6-11,14-18,23,26,33-35H,5,12-13,19-22,24-25,27-29H2,1-4H3/t33-,34+,35-/m0/s1. The van der Waals surface area contributed by atoms with E-state index in [2.05, 4.69) is 21.9 Å². The van der Waals surface area contributed by atoms with Crippen LogP contribution in [-0.4, -0.2) is 69.2 Å². The van der Waals surface area contributed by atoms with Gasteiger partial charge in [0.1, 0.15) is 5.60 Å². The third-order valence-corrected chi connectivity index (χ3v) is 10.9. The van der Waals surface area contributed by atoms with Gasteiger partial charge in [-0.15, -0.1) is 0 Å². The fourth-order valence-electron chi connectivity index (χ4n) is 8.49. The van der Waals surface area contributed by atoms with Crippen LogP contribution in [0.5, 0.6) is 0 Å². The summed E-state index contributed by atoms with van der Waals surface area (Å²) in [4.78, 5) is 47.0. The van der Waals surface area contributed by atoms with Crippen LogP contribution in [0.1, 0.15) is 84.2 Å². The summed E-state index contributed by atoms with van der Waals surface area (Å²) < 4.78 is 7.65. The molecule has 0 unspecified atom stereocenters. The van der Waals surface area contributed by atoms with E-state index in [1.165, 1.54) is 0 Å². The maximum atomic E-state index is 14.5. The zero-order chi connectivity index (χ0) is 33.9. The number of carbonyl (C=O) groups is 2. The third-order valence-electron chi connectivity index (χ3n) is 10.9. The van der Waals surface area contributed by atoms with Gasteiger partial charge in [-0.25, -0.2) is 9.59 Å². The fourth-order valence-corrected chi connectivity index (χ4v) is 8.49. The van der Waals surface area contributed by atoms with Gasteiger partial charge in [0.15, 0.2) is 0 Å². The Kier molecular flexibility index (Phi) is 10.00. The summed E-state index contributed by atoms with van der Waals surface area (Å²) in [6.45, 7) is 10.9. The number of benzene rings is 2. The zero-order valence-corrected chi connectivity index (χ0v) is 29.1. The number of urea groups is 1. The highest BCUT2D eigenvalue weighted by Gasteiger charge is 2.48. The van der Waals surface area contributed by atoms with Crippen molar-refractivity contribution in [1.82, 2.24) is 19.3 Å². The molecule has 0 bridgehead atoms. The molecule has 3 amide bonds. The van der Waals surface area contributed by atoms with E-state index in [-0.39, 0.29) is 35.2 Å². The Bertz CT molecular complexity index is 1610. The summed E-state index contributed by atoms with van der Waals surface area (Å²) in [6, 6.07) is 24.0. The maximum Gasteiger partial charge on any atom is 0.410 e. The molecule has 1 spiro atoms. The van der Waals surface area contributed by atoms with Crippen molar-refractivity contribution in [2.24, 2.45) is 11.3 Å². The first kappa shape index (κ1) is 33.8. The number of hydrogen-bond acceptors (Lipinski definition) is 4. The van der Waals surface area contributed by atoms with Crippen LogP contribution in [0.25, 0.3) is 11.1 Å². The summed E-state index contributed by atoms with van der Waals surface area (Å²) >= 11 is 0. The summed E-state index contributed by atoms with van der Waals surface area (Å²) in [7, 11) is 0. The molecule has 1 saturated carbocycles. The molecule has 6 rings (SSSR count). The predicted molar refractivity (Wildman–Crippen MR) is 190 cm³/mol. The molecule has 3 aliphatic rings. The van der Waals surface area contributed by atoms with Crippen molar-refractivity contribution in [3.8, 4) is 11.1 Å². The zero-order valence-electron chi connectivity index (χ0n) is 29.1. The highest BCUT2D eigenvalue weighted by atomic mass is 16.6. The first-order valence-electron chi connectivity index (χ1n) is 17.9. The van der Waals surface area contributed by atoms with Gasteiger partial charge in [0.05, 0.1) is 6.04 Å². The number of pyridine rings is 1. The Labute approximate surface area is 285 Å². The van der Waals surface area contributed by atoms with Crippen LogP contribution in [0.4, 0.5) is 9.59 Å². The molecule has 3 heterocycles. The molecule has 0 N–H and O–H groups in total. The summed E-state index contributed by atoms with van der Waals surface area (Å²) in [5.41, 5.74) is 2.57. The molecule has 3 fully saturated rings. The Hall–Kier alpha value is -4.07. The molecule has 3 aromatic rings. The second kappa shape index (κ2) is 14.2. The Balaban J connectivity index is 1.19. The van der Waals surface area contributed by atoms with Crippen molar-refractivity contribution in [3.63, 3.8) is 0 Å². The van der Waals surface area contributed by atoms with Gasteiger partial charge in [0.25, 0.3) is 5.56 Å². The maximum absolute atomic E-state index is 14.5. The van der Waals surface area contributed by atoms with Crippen LogP contribution in [0, 0.1) is 11.3 Å². The number of ether oxygens (including phenoxy) is 1. The van der Waals surface area contributed by atoms with Crippen molar-refractivity contribution in [1.29, 1.82) is 0 Å². The predicted octanol–water partition coefficient (Wildman–Crippen LogP) is 7.98. The topological polar surface area (TPSA) is 75.1 Å². The Morgan fingerprint density at radius 2 is 1.60 bits per heavy atom. The quantitative estimate of drug-likeness (QED) is 0.271. The van der Waals surface area contributed by atoms with E-state index in [0.717, 1.165) is 55.3 Å². The molecule has 2 aromatic carbocycles. The molecular formula is C40H52N4O4. The average molecular weight is 653 g/mol. The average Bonchev–Trinajstić information content (AvgIpc) is 3.55. The van der Waals surface area contributed by atoms with Gasteiger partial charge in [0.2, 0.25) is 0 Å². The van der Waals surface area contributed by atoms with E-state index >= 15 is 0 Å². The van der Waals surface area contributed by atoms with Crippen LogP contribution in [-0.2, 0) is 11.3 Å². The van der Waals surface area contributed by atoms with Crippen LogP contribution in [0.3, 0.4) is 0 Å².